The van der Waals surface area contributed by atoms with Crippen molar-refractivity contribution in [3.05, 3.63) is 39.4 Å². The van der Waals surface area contributed by atoms with Crippen molar-refractivity contribution in [2.24, 2.45) is 0 Å². The minimum atomic E-state index is -1.40. The van der Waals surface area contributed by atoms with Gasteiger partial charge in [0.2, 0.25) is 0 Å². The molecular weight excluding hydrogens is 244 g/mol. The van der Waals surface area contributed by atoms with Gasteiger partial charge in [0.1, 0.15) is 6.10 Å². The van der Waals surface area contributed by atoms with Crippen molar-refractivity contribution in [3.63, 3.8) is 0 Å². The average Bonchev–Trinajstić information content (AvgIpc) is 2.35. The fourth-order valence-electron chi connectivity index (χ4n) is 1.33. The van der Waals surface area contributed by atoms with Crippen LogP contribution in [0.2, 0.25) is 0 Å². The highest BCUT2D eigenvalue weighted by Gasteiger charge is 2.25. The average molecular weight is 254 g/mol. The largest absolute Gasteiger partial charge is 0.389 e. The molecule has 0 spiro atoms. The molecule has 7 heteroatoms. The van der Waals surface area contributed by atoms with Gasteiger partial charge in [-0.15, -0.1) is 0 Å². The molecule has 1 aromatic rings. The molecule has 0 fully saturated rings. The van der Waals surface area contributed by atoms with Crippen molar-refractivity contribution in [1.29, 1.82) is 5.26 Å². The third-order valence-corrected chi connectivity index (χ3v) is 2.60. The molecule has 1 rings (SSSR count). The van der Waals surface area contributed by atoms with Crippen LogP contribution in [0.3, 0.4) is 0 Å². The Balaban J connectivity index is 3.24. The minimum Gasteiger partial charge on any atom is -0.389 e. The number of thiol groups is 1. The van der Waals surface area contributed by atoms with E-state index in [2.05, 4.69) is 12.6 Å². The number of nitriles is 1. The third kappa shape index (κ3) is 2.94. The fraction of sp³-hybridized carbons (Fsp3) is 0.300. The second kappa shape index (κ2) is 5.63. The first kappa shape index (κ1) is 13.4. The van der Waals surface area contributed by atoms with Gasteiger partial charge < -0.3 is 10.2 Å². The first-order valence-corrected chi connectivity index (χ1v) is 5.30. The summed E-state index contributed by atoms with van der Waals surface area (Å²) in [6, 6.07) is 5.43. The highest BCUT2D eigenvalue weighted by molar-refractivity contribution is 7.80. The van der Waals surface area contributed by atoms with Crippen LogP contribution in [0.1, 0.15) is 17.2 Å². The number of hydrogen-bond donors (Lipinski definition) is 3. The van der Waals surface area contributed by atoms with Crippen molar-refractivity contribution in [2.45, 2.75) is 12.2 Å². The van der Waals surface area contributed by atoms with E-state index in [-0.39, 0.29) is 16.9 Å². The summed E-state index contributed by atoms with van der Waals surface area (Å²) in [5.74, 6) is -0.0294. The number of aliphatic hydroxyl groups excluding tert-OH is 2. The first-order chi connectivity index (χ1) is 8.01. The molecule has 0 heterocycles. The van der Waals surface area contributed by atoms with Crippen molar-refractivity contribution in [3.8, 4) is 6.07 Å². The second-order valence-electron chi connectivity index (χ2n) is 3.34. The Bertz CT molecular complexity index is 472. The summed E-state index contributed by atoms with van der Waals surface area (Å²) in [5.41, 5.74) is -0.305. The highest BCUT2D eigenvalue weighted by Crippen LogP contribution is 2.28. The lowest BCUT2D eigenvalue weighted by Crippen LogP contribution is -2.20. The molecule has 0 amide bonds. The lowest BCUT2D eigenvalue weighted by molar-refractivity contribution is -0.386. The Labute approximate surface area is 103 Å². The Hall–Kier alpha value is -1.62. The molecule has 2 unspecified atom stereocenters. The zero-order chi connectivity index (χ0) is 13.0. The molecule has 0 aliphatic rings. The number of hydrogen-bond acceptors (Lipinski definition) is 6. The molecule has 0 aromatic heterocycles. The molecule has 0 radical (unpaired) electrons. The standard InChI is InChI=1S/C10H10N2O4S/c11-4-6-1-2-7(8(3-6)12(15)16)10(14)9(13)5-17/h1-3,9-10,13-14,17H,5H2. The van der Waals surface area contributed by atoms with E-state index in [1.807, 2.05) is 0 Å². The van der Waals surface area contributed by atoms with Crippen LogP contribution in [0.15, 0.2) is 18.2 Å². The first-order valence-electron chi connectivity index (χ1n) is 4.66. The van der Waals surface area contributed by atoms with Gasteiger partial charge in [-0.2, -0.15) is 17.9 Å². The SMILES string of the molecule is N#Cc1ccc(C(O)C(O)CS)c([N+](=O)[O-])c1. The zero-order valence-corrected chi connectivity index (χ0v) is 9.54. The van der Waals surface area contributed by atoms with E-state index >= 15 is 0 Å². The predicted octanol–water partition coefficient (Wildman–Crippen LogP) is 0.791. The Morgan fingerprint density at radius 1 is 1.53 bits per heavy atom. The number of nitro benzene ring substituents is 1. The summed E-state index contributed by atoms with van der Waals surface area (Å²) in [6.45, 7) is 0. The van der Waals surface area contributed by atoms with Crippen LogP contribution >= 0.6 is 12.6 Å². The van der Waals surface area contributed by atoms with E-state index in [9.17, 15) is 20.3 Å². The molecule has 1 aromatic carbocycles. The molecule has 0 saturated carbocycles. The van der Waals surface area contributed by atoms with Crippen molar-refractivity contribution < 1.29 is 15.1 Å². The van der Waals surface area contributed by atoms with E-state index in [4.69, 9.17) is 5.26 Å². The van der Waals surface area contributed by atoms with Crippen LogP contribution < -0.4 is 0 Å². The molecule has 0 aliphatic carbocycles. The maximum Gasteiger partial charge on any atom is 0.276 e. The van der Waals surface area contributed by atoms with Gasteiger partial charge in [0.25, 0.3) is 5.69 Å². The lowest BCUT2D eigenvalue weighted by Gasteiger charge is -2.16. The predicted molar refractivity (Wildman–Crippen MR) is 62.6 cm³/mol. The van der Waals surface area contributed by atoms with Crippen LogP contribution in [0.4, 0.5) is 5.69 Å². The van der Waals surface area contributed by atoms with Crippen molar-refractivity contribution in [2.75, 3.05) is 5.75 Å². The molecule has 90 valence electrons. The quantitative estimate of drug-likeness (QED) is 0.418. The molecule has 6 nitrogen and oxygen atoms in total. The van der Waals surface area contributed by atoms with Crippen LogP contribution in [-0.4, -0.2) is 27.0 Å². The molecule has 0 aliphatic heterocycles. The highest BCUT2D eigenvalue weighted by atomic mass is 32.1. The smallest absolute Gasteiger partial charge is 0.276 e. The Kier molecular flexibility index (Phi) is 4.45. The monoisotopic (exact) mass is 254 g/mol. The van der Waals surface area contributed by atoms with E-state index < -0.39 is 22.8 Å². The second-order valence-corrected chi connectivity index (χ2v) is 3.70. The van der Waals surface area contributed by atoms with Gasteiger partial charge in [-0.25, -0.2) is 0 Å². The summed E-state index contributed by atoms with van der Waals surface area (Å²) in [4.78, 5) is 10.1. The van der Waals surface area contributed by atoms with Crippen LogP contribution in [0.5, 0.6) is 0 Å². The molecule has 2 atom stereocenters. The van der Waals surface area contributed by atoms with Crippen LogP contribution in [0.25, 0.3) is 0 Å². The van der Waals surface area contributed by atoms with E-state index in [0.29, 0.717) is 0 Å². The summed E-state index contributed by atoms with van der Waals surface area (Å²) in [7, 11) is 0. The molecule has 0 saturated heterocycles. The number of nitrogens with zero attached hydrogens (tertiary/aromatic N) is 2. The maximum absolute atomic E-state index is 10.8. The van der Waals surface area contributed by atoms with Gasteiger partial charge >= 0.3 is 0 Å². The summed E-state index contributed by atoms with van der Waals surface area (Å²) >= 11 is 3.80. The van der Waals surface area contributed by atoms with Gasteiger partial charge in [0.05, 0.1) is 28.2 Å². The van der Waals surface area contributed by atoms with Crippen molar-refractivity contribution in [1.82, 2.24) is 0 Å². The Morgan fingerprint density at radius 3 is 2.65 bits per heavy atom. The van der Waals surface area contributed by atoms with Gasteiger partial charge in [-0.1, -0.05) is 0 Å². The van der Waals surface area contributed by atoms with E-state index in [1.54, 1.807) is 6.07 Å². The summed E-state index contributed by atoms with van der Waals surface area (Å²) in [5, 5.41) is 38.5. The molecule has 2 N–H and O–H groups in total. The topological polar surface area (TPSA) is 107 Å². The number of nitro groups is 1. The molecule has 17 heavy (non-hydrogen) atoms. The van der Waals surface area contributed by atoms with Gasteiger partial charge in [-0.3, -0.25) is 10.1 Å². The van der Waals surface area contributed by atoms with Crippen LogP contribution in [0, 0.1) is 21.4 Å². The number of aliphatic hydroxyl groups is 2. The Morgan fingerprint density at radius 2 is 2.18 bits per heavy atom. The molecule has 0 bridgehead atoms. The van der Waals surface area contributed by atoms with Crippen molar-refractivity contribution >= 4 is 18.3 Å². The normalized spacial score (nSPS) is 13.8. The van der Waals surface area contributed by atoms with Gasteiger partial charge in [-0.05, 0) is 12.1 Å². The minimum absolute atomic E-state index is 0.0294. The van der Waals surface area contributed by atoms with Gasteiger partial charge in [0.15, 0.2) is 0 Å². The maximum atomic E-state index is 10.8. The van der Waals surface area contributed by atoms with E-state index in [0.717, 1.165) is 6.07 Å². The number of benzene rings is 1. The van der Waals surface area contributed by atoms with Crippen LogP contribution in [-0.2, 0) is 0 Å². The van der Waals surface area contributed by atoms with Gasteiger partial charge in [0, 0.05) is 11.8 Å². The summed E-state index contributed by atoms with van der Waals surface area (Å²) < 4.78 is 0. The third-order valence-electron chi connectivity index (χ3n) is 2.23. The zero-order valence-electron chi connectivity index (χ0n) is 8.65. The summed E-state index contributed by atoms with van der Waals surface area (Å²) in [6.07, 6.45) is -2.61. The number of rotatable bonds is 4. The van der Waals surface area contributed by atoms with E-state index in [1.165, 1.54) is 12.1 Å². The molecular formula is C10H10N2O4S. The lowest BCUT2D eigenvalue weighted by atomic mass is 10.0. The fourth-order valence-corrected chi connectivity index (χ4v) is 1.53.